The molecule has 1 saturated heterocycles. The first kappa shape index (κ1) is 15.0. The molecule has 1 saturated carbocycles. The van der Waals surface area contributed by atoms with Crippen molar-refractivity contribution < 1.29 is 4.79 Å². The van der Waals surface area contributed by atoms with Gasteiger partial charge in [-0.2, -0.15) is 0 Å². The van der Waals surface area contributed by atoms with Crippen LogP contribution in [0.4, 0.5) is 0 Å². The Bertz CT molecular complexity index is 756. The zero-order valence-electron chi connectivity index (χ0n) is 12.5. The fourth-order valence-corrected chi connectivity index (χ4v) is 3.50. The van der Waals surface area contributed by atoms with Crippen LogP contribution in [0.1, 0.15) is 47.3 Å². The van der Waals surface area contributed by atoms with Crippen molar-refractivity contribution in [2.24, 2.45) is 0 Å². The molecule has 0 spiro atoms. The summed E-state index contributed by atoms with van der Waals surface area (Å²) in [6, 6.07) is 5.16. The molecule has 2 aliphatic rings. The van der Waals surface area contributed by atoms with Gasteiger partial charge in [0.05, 0.1) is 22.3 Å². The van der Waals surface area contributed by atoms with Gasteiger partial charge in [0, 0.05) is 30.2 Å². The van der Waals surface area contributed by atoms with Gasteiger partial charge in [0.15, 0.2) is 0 Å². The molecule has 7 heteroatoms. The molecule has 1 aromatic heterocycles. The second-order valence-corrected chi connectivity index (χ2v) is 7.06. The van der Waals surface area contributed by atoms with Crippen LogP contribution in [0.2, 0.25) is 10.0 Å². The first-order valence-electron chi connectivity index (χ1n) is 7.78. The summed E-state index contributed by atoms with van der Waals surface area (Å²) in [4.78, 5) is 14.5. The van der Waals surface area contributed by atoms with E-state index in [0.29, 0.717) is 34.6 Å². The first-order chi connectivity index (χ1) is 11.1. The number of benzene rings is 1. The Morgan fingerprint density at radius 1 is 1.22 bits per heavy atom. The molecule has 0 radical (unpaired) electrons. The number of aromatic nitrogens is 3. The van der Waals surface area contributed by atoms with E-state index in [-0.39, 0.29) is 11.9 Å². The molecule has 23 heavy (non-hydrogen) atoms. The lowest BCUT2D eigenvalue weighted by molar-refractivity contribution is 0.0787. The van der Waals surface area contributed by atoms with Crippen molar-refractivity contribution in [1.82, 2.24) is 19.9 Å². The van der Waals surface area contributed by atoms with E-state index >= 15 is 0 Å². The highest BCUT2D eigenvalue weighted by molar-refractivity contribution is 6.36. The highest BCUT2D eigenvalue weighted by atomic mass is 35.5. The standard InChI is InChI=1S/C16H16Cl2N4O/c17-11-3-4-13(14(18)7-11)16(23)21-6-5-12(8-21)22-9-15(19-20-22)10-1-2-10/h3-4,7,9-10,12H,1-2,5-6,8H2. The van der Waals surface area contributed by atoms with Crippen LogP contribution in [0.5, 0.6) is 0 Å². The van der Waals surface area contributed by atoms with Crippen molar-refractivity contribution in [2.45, 2.75) is 31.2 Å². The summed E-state index contributed by atoms with van der Waals surface area (Å²) in [5.41, 5.74) is 1.57. The predicted octanol–water partition coefficient (Wildman–Crippen LogP) is 3.55. The van der Waals surface area contributed by atoms with Gasteiger partial charge in [0.25, 0.3) is 5.91 Å². The lowest BCUT2D eigenvalue weighted by atomic mass is 10.2. The molecular weight excluding hydrogens is 335 g/mol. The molecule has 1 unspecified atom stereocenters. The molecule has 2 fully saturated rings. The normalized spacial score (nSPS) is 21.0. The Morgan fingerprint density at radius 3 is 2.78 bits per heavy atom. The molecule has 1 aliphatic carbocycles. The topological polar surface area (TPSA) is 51.0 Å². The van der Waals surface area contributed by atoms with Crippen LogP contribution in [0.15, 0.2) is 24.4 Å². The number of carbonyl (C=O) groups is 1. The van der Waals surface area contributed by atoms with Crippen LogP contribution in [0.3, 0.4) is 0 Å². The van der Waals surface area contributed by atoms with Gasteiger partial charge in [-0.3, -0.25) is 4.79 Å². The number of halogens is 2. The van der Waals surface area contributed by atoms with Crippen LogP contribution in [-0.2, 0) is 0 Å². The molecule has 1 atom stereocenters. The Morgan fingerprint density at radius 2 is 2.04 bits per heavy atom. The number of nitrogens with zero attached hydrogens (tertiary/aromatic N) is 4. The number of hydrogen-bond acceptors (Lipinski definition) is 3. The van der Waals surface area contributed by atoms with Crippen molar-refractivity contribution in [2.75, 3.05) is 13.1 Å². The van der Waals surface area contributed by atoms with Gasteiger partial charge >= 0.3 is 0 Å². The molecule has 0 bridgehead atoms. The molecule has 1 aromatic carbocycles. The van der Waals surface area contributed by atoms with Crippen LogP contribution in [0.25, 0.3) is 0 Å². The lowest BCUT2D eigenvalue weighted by Crippen LogP contribution is -2.29. The summed E-state index contributed by atoms with van der Waals surface area (Å²) >= 11 is 12.0. The first-order valence-corrected chi connectivity index (χ1v) is 8.53. The maximum Gasteiger partial charge on any atom is 0.255 e. The highest BCUT2D eigenvalue weighted by Gasteiger charge is 2.32. The van der Waals surface area contributed by atoms with Crippen molar-refractivity contribution in [3.8, 4) is 0 Å². The van der Waals surface area contributed by atoms with Gasteiger partial charge in [-0.25, -0.2) is 4.68 Å². The summed E-state index contributed by atoms with van der Waals surface area (Å²) in [6.07, 6.45) is 5.34. The van der Waals surface area contributed by atoms with Gasteiger partial charge < -0.3 is 4.90 Å². The van der Waals surface area contributed by atoms with Crippen LogP contribution < -0.4 is 0 Å². The zero-order chi connectivity index (χ0) is 16.0. The van der Waals surface area contributed by atoms with Crippen molar-refractivity contribution >= 4 is 29.1 Å². The molecule has 4 rings (SSSR count). The zero-order valence-corrected chi connectivity index (χ0v) is 14.0. The van der Waals surface area contributed by atoms with Gasteiger partial charge in [-0.15, -0.1) is 5.10 Å². The second kappa shape index (κ2) is 5.80. The molecule has 120 valence electrons. The van der Waals surface area contributed by atoms with E-state index in [1.54, 1.807) is 18.2 Å². The molecule has 0 N–H and O–H groups in total. The summed E-state index contributed by atoms with van der Waals surface area (Å²) in [6.45, 7) is 1.33. The van der Waals surface area contributed by atoms with E-state index in [1.807, 2.05) is 15.8 Å². The van der Waals surface area contributed by atoms with Crippen molar-refractivity contribution in [3.05, 3.63) is 45.7 Å². The molecule has 2 heterocycles. The van der Waals surface area contributed by atoms with Gasteiger partial charge in [0.2, 0.25) is 0 Å². The molecule has 2 aromatic rings. The number of rotatable bonds is 3. The number of carbonyl (C=O) groups excluding carboxylic acids is 1. The van der Waals surface area contributed by atoms with Crippen molar-refractivity contribution in [3.63, 3.8) is 0 Å². The number of amides is 1. The van der Waals surface area contributed by atoms with Crippen LogP contribution in [-0.4, -0.2) is 38.9 Å². The summed E-state index contributed by atoms with van der Waals surface area (Å²) in [7, 11) is 0. The average molecular weight is 351 g/mol. The summed E-state index contributed by atoms with van der Waals surface area (Å²) < 4.78 is 1.91. The van der Waals surface area contributed by atoms with E-state index in [2.05, 4.69) is 10.3 Å². The maximum absolute atomic E-state index is 12.6. The highest BCUT2D eigenvalue weighted by Crippen LogP contribution is 2.39. The monoisotopic (exact) mass is 350 g/mol. The molecular formula is C16H16Cl2N4O. The third-order valence-corrected chi connectivity index (χ3v) is 5.06. The van der Waals surface area contributed by atoms with E-state index < -0.39 is 0 Å². The van der Waals surface area contributed by atoms with Gasteiger partial charge in [-0.05, 0) is 37.5 Å². The lowest BCUT2D eigenvalue weighted by Gasteiger charge is -2.17. The van der Waals surface area contributed by atoms with E-state index in [9.17, 15) is 4.79 Å². The Balaban J connectivity index is 1.47. The minimum absolute atomic E-state index is 0.0586. The third-order valence-electron chi connectivity index (χ3n) is 4.51. The molecule has 1 amide bonds. The average Bonchev–Trinajstić information content (AvgIpc) is 3.07. The van der Waals surface area contributed by atoms with Gasteiger partial charge in [0.1, 0.15) is 0 Å². The smallest absolute Gasteiger partial charge is 0.255 e. The van der Waals surface area contributed by atoms with Crippen LogP contribution in [0, 0.1) is 0 Å². The number of hydrogen-bond donors (Lipinski definition) is 0. The molecule has 1 aliphatic heterocycles. The van der Waals surface area contributed by atoms with Crippen molar-refractivity contribution in [1.29, 1.82) is 0 Å². The SMILES string of the molecule is O=C(c1ccc(Cl)cc1Cl)N1CCC(n2cc(C3CC3)nn2)C1. The summed E-state index contributed by atoms with van der Waals surface area (Å²) in [5, 5.41) is 9.41. The second-order valence-electron chi connectivity index (χ2n) is 6.22. The maximum atomic E-state index is 12.6. The molecule has 5 nitrogen and oxygen atoms in total. The Kier molecular flexibility index (Phi) is 3.77. The Hall–Kier alpha value is -1.59. The van der Waals surface area contributed by atoms with Gasteiger partial charge in [-0.1, -0.05) is 28.4 Å². The third kappa shape index (κ3) is 2.95. The van der Waals surface area contributed by atoms with Crippen LogP contribution >= 0.6 is 23.2 Å². The van der Waals surface area contributed by atoms with E-state index in [1.165, 1.54) is 12.8 Å². The number of likely N-dealkylation sites (tertiary alicyclic amines) is 1. The summed E-state index contributed by atoms with van der Waals surface area (Å²) in [5.74, 6) is 0.535. The quantitative estimate of drug-likeness (QED) is 0.850. The van der Waals surface area contributed by atoms with E-state index in [0.717, 1.165) is 12.1 Å². The van der Waals surface area contributed by atoms with E-state index in [4.69, 9.17) is 23.2 Å². The fraction of sp³-hybridized carbons (Fsp3) is 0.438. The predicted molar refractivity (Wildman–Crippen MR) is 88.0 cm³/mol. The largest absolute Gasteiger partial charge is 0.336 e. The fourth-order valence-electron chi connectivity index (χ4n) is 3.01. The minimum atomic E-state index is -0.0586. The Labute approximate surface area is 144 Å². The minimum Gasteiger partial charge on any atom is -0.336 e.